The molecular weight excluding hydrogens is 211 g/mol. The molecule has 0 saturated carbocycles. The van der Waals surface area contributed by atoms with Gasteiger partial charge in [-0.15, -0.1) is 0 Å². The second kappa shape index (κ2) is 4.69. The molecule has 0 bridgehead atoms. The maximum Gasteiger partial charge on any atom is 0.405 e. The van der Waals surface area contributed by atoms with Crippen molar-refractivity contribution in [2.45, 2.75) is 19.1 Å². The highest BCUT2D eigenvalue weighted by molar-refractivity contribution is 5.74. The molecule has 1 unspecified atom stereocenters. The van der Waals surface area contributed by atoms with Gasteiger partial charge in [0.1, 0.15) is 6.54 Å². The topological polar surface area (TPSA) is 44.4 Å². The smallest absolute Gasteiger partial charge is 0.329 e. The third-order valence-electron chi connectivity index (χ3n) is 2.20. The fraction of sp³-hybridized carbons (Fsp3) is 0.875. The molecule has 0 aromatic rings. The molecule has 15 heavy (non-hydrogen) atoms. The summed E-state index contributed by atoms with van der Waals surface area (Å²) in [7, 11) is 0. The molecule has 2 N–H and O–H groups in total. The van der Waals surface area contributed by atoms with Gasteiger partial charge < -0.3 is 15.5 Å². The summed E-state index contributed by atoms with van der Waals surface area (Å²) >= 11 is 0. The zero-order chi connectivity index (χ0) is 11.5. The minimum atomic E-state index is -4.35. The normalized spacial score (nSPS) is 22.7. The Morgan fingerprint density at radius 1 is 1.60 bits per heavy atom. The lowest BCUT2D eigenvalue weighted by molar-refractivity contribution is -0.123. The zero-order valence-electron chi connectivity index (χ0n) is 8.40. The Kier molecular flexibility index (Phi) is 3.78. The Morgan fingerprint density at radius 2 is 2.27 bits per heavy atom. The largest absolute Gasteiger partial charge is 0.405 e. The first-order valence-electron chi connectivity index (χ1n) is 4.72. The second-order valence-electron chi connectivity index (χ2n) is 3.52. The van der Waals surface area contributed by atoms with E-state index in [9.17, 15) is 18.0 Å². The van der Waals surface area contributed by atoms with Crippen molar-refractivity contribution in [3.63, 3.8) is 0 Å². The van der Waals surface area contributed by atoms with Gasteiger partial charge in [-0.2, -0.15) is 13.2 Å². The number of halogens is 3. The van der Waals surface area contributed by atoms with E-state index in [0.29, 0.717) is 19.6 Å². The first-order chi connectivity index (χ1) is 6.90. The van der Waals surface area contributed by atoms with E-state index < -0.39 is 18.8 Å². The Morgan fingerprint density at radius 3 is 2.80 bits per heavy atom. The van der Waals surface area contributed by atoms with Gasteiger partial charge in [-0.3, -0.25) is 0 Å². The number of carbonyl (C=O) groups excluding carboxylic acids is 1. The quantitative estimate of drug-likeness (QED) is 0.684. The summed E-state index contributed by atoms with van der Waals surface area (Å²) in [6.45, 7) is 2.18. The molecule has 1 saturated heterocycles. The Balaban J connectivity index is 2.39. The molecule has 0 aromatic carbocycles. The molecule has 4 nitrogen and oxygen atoms in total. The van der Waals surface area contributed by atoms with Crippen molar-refractivity contribution < 1.29 is 18.0 Å². The number of piperazine rings is 1. The minimum absolute atomic E-state index is 0.0769. The molecule has 7 heteroatoms. The summed E-state index contributed by atoms with van der Waals surface area (Å²) in [6, 6.07) is -0.728. The number of carbonyl (C=O) groups is 1. The number of nitrogens with one attached hydrogen (secondary N) is 2. The fourth-order valence-corrected chi connectivity index (χ4v) is 1.42. The lowest BCUT2D eigenvalue weighted by atomic mass is 10.2. The van der Waals surface area contributed by atoms with Crippen molar-refractivity contribution in [2.24, 2.45) is 0 Å². The molecule has 1 heterocycles. The van der Waals surface area contributed by atoms with Crippen LogP contribution in [0.15, 0.2) is 0 Å². The van der Waals surface area contributed by atoms with Crippen LogP contribution in [0.2, 0.25) is 0 Å². The molecule has 1 atom stereocenters. The maximum absolute atomic E-state index is 11.8. The molecule has 1 aliphatic heterocycles. The highest BCUT2D eigenvalue weighted by atomic mass is 19.4. The molecule has 2 amide bonds. The molecule has 0 aromatic heterocycles. The molecule has 1 fully saturated rings. The van der Waals surface area contributed by atoms with Gasteiger partial charge in [-0.1, -0.05) is 0 Å². The van der Waals surface area contributed by atoms with Gasteiger partial charge in [0.25, 0.3) is 0 Å². The van der Waals surface area contributed by atoms with Crippen molar-refractivity contribution >= 4 is 6.03 Å². The van der Waals surface area contributed by atoms with Crippen molar-refractivity contribution in [2.75, 3.05) is 26.2 Å². The van der Waals surface area contributed by atoms with Crippen LogP contribution in [0.25, 0.3) is 0 Å². The van der Waals surface area contributed by atoms with E-state index in [2.05, 4.69) is 5.32 Å². The van der Waals surface area contributed by atoms with E-state index in [1.54, 1.807) is 6.92 Å². The summed E-state index contributed by atoms with van der Waals surface area (Å²) in [5.41, 5.74) is 0. The number of hydrogen-bond donors (Lipinski definition) is 2. The van der Waals surface area contributed by atoms with E-state index >= 15 is 0 Å². The first kappa shape index (κ1) is 12.1. The van der Waals surface area contributed by atoms with Crippen LogP contribution in [0, 0.1) is 0 Å². The van der Waals surface area contributed by atoms with Crippen LogP contribution < -0.4 is 10.6 Å². The fourth-order valence-electron chi connectivity index (χ4n) is 1.42. The molecule has 1 rings (SSSR count). The van der Waals surface area contributed by atoms with E-state index in [1.807, 2.05) is 5.32 Å². The molecule has 1 aliphatic rings. The molecular formula is C8H14F3N3O. The second-order valence-corrected chi connectivity index (χ2v) is 3.52. The van der Waals surface area contributed by atoms with Gasteiger partial charge in [0.05, 0.1) is 0 Å². The Hall–Kier alpha value is -0.980. The molecule has 0 spiro atoms. The summed E-state index contributed by atoms with van der Waals surface area (Å²) < 4.78 is 35.5. The van der Waals surface area contributed by atoms with Gasteiger partial charge in [0.2, 0.25) is 0 Å². The average molecular weight is 225 g/mol. The highest BCUT2D eigenvalue weighted by Gasteiger charge is 2.30. The van der Waals surface area contributed by atoms with Crippen LogP contribution in [0.4, 0.5) is 18.0 Å². The monoisotopic (exact) mass is 225 g/mol. The van der Waals surface area contributed by atoms with Crippen LogP contribution in [0.1, 0.15) is 6.92 Å². The summed E-state index contributed by atoms with van der Waals surface area (Å²) in [5.74, 6) is 0. The van der Waals surface area contributed by atoms with Crippen LogP contribution >= 0.6 is 0 Å². The number of rotatable bonds is 1. The third kappa shape index (κ3) is 3.94. The molecule has 88 valence electrons. The van der Waals surface area contributed by atoms with Gasteiger partial charge >= 0.3 is 12.2 Å². The number of alkyl halides is 3. The molecule has 0 radical (unpaired) electrons. The van der Waals surface area contributed by atoms with E-state index in [4.69, 9.17) is 0 Å². The van der Waals surface area contributed by atoms with E-state index in [0.717, 1.165) is 0 Å². The highest BCUT2D eigenvalue weighted by Crippen LogP contribution is 2.12. The average Bonchev–Trinajstić information content (AvgIpc) is 2.14. The van der Waals surface area contributed by atoms with Gasteiger partial charge in [0, 0.05) is 25.7 Å². The Labute approximate surface area is 85.8 Å². The van der Waals surface area contributed by atoms with Crippen LogP contribution in [-0.4, -0.2) is 49.3 Å². The van der Waals surface area contributed by atoms with E-state index in [-0.39, 0.29) is 6.04 Å². The predicted octanol–water partition coefficient (Wildman–Crippen LogP) is 0.552. The number of urea groups is 1. The van der Waals surface area contributed by atoms with Crippen LogP contribution in [-0.2, 0) is 0 Å². The van der Waals surface area contributed by atoms with Gasteiger partial charge in [0.15, 0.2) is 0 Å². The molecule has 0 aliphatic carbocycles. The number of amides is 2. The SMILES string of the molecule is CC1CNCCN1C(=O)NCC(F)(F)F. The maximum atomic E-state index is 11.8. The standard InChI is InChI=1S/C8H14F3N3O/c1-6-4-12-2-3-14(6)7(15)13-5-8(9,10)11/h6,12H,2-5H2,1H3,(H,13,15). The summed E-state index contributed by atoms with van der Waals surface area (Å²) in [4.78, 5) is 12.7. The summed E-state index contributed by atoms with van der Waals surface area (Å²) in [5, 5.41) is 4.90. The van der Waals surface area contributed by atoms with Crippen molar-refractivity contribution in [1.82, 2.24) is 15.5 Å². The number of hydrogen-bond acceptors (Lipinski definition) is 2. The van der Waals surface area contributed by atoms with Crippen molar-refractivity contribution in [3.8, 4) is 0 Å². The van der Waals surface area contributed by atoms with E-state index in [1.165, 1.54) is 4.90 Å². The van der Waals surface area contributed by atoms with Crippen LogP contribution in [0.5, 0.6) is 0 Å². The first-order valence-corrected chi connectivity index (χ1v) is 4.72. The lowest BCUT2D eigenvalue weighted by Gasteiger charge is -2.33. The van der Waals surface area contributed by atoms with Crippen LogP contribution in [0.3, 0.4) is 0 Å². The van der Waals surface area contributed by atoms with Crippen molar-refractivity contribution in [3.05, 3.63) is 0 Å². The number of nitrogens with zero attached hydrogens (tertiary/aromatic N) is 1. The van der Waals surface area contributed by atoms with Crippen molar-refractivity contribution in [1.29, 1.82) is 0 Å². The van der Waals surface area contributed by atoms with Gasteiger partial charge in [-0.05, 0) is 6.92 Å². The summed E-state index contributed by atoms with van der Waals surface area (Å²) in [6.07, 6.45) is -4.35. The lowest BCUT2D eigenvalue weighted by Crippen LogP contribution is -2.56. The zero-order valence-corrected chi connectivity index (χ0v) is 8.40. The third-order valence-corrected chi connectivity index (χ3v) is 2.20. The predicted molar refractivity (Wildman–Crippen MR) is 48.5 cm³/mol. The van der Waals surface area contributed by atoms with Gasteiger partial charge in [-0.25, -0.2) is 4.79 Å². The minimum Gasteiger partial charge on any atom is -0.329 e. The Bertz CT molecular complexity index is 232.